The SMILES string of the molecule is O=c1[nH][n+]2c(c3ccccc13)OC(c1ccc(Cl)cc1)C21CC1. The molecule has 3 aromatic rings. The van der Waals surface area contributed by atoms with E-state index < -0.39 is 0 Å². The van der Waals surface area contributed by atoms with Crippen LogP contribution in [-0.4, -0.2) is 5.10 Å². The number of nitrogens with zero attached hydrogens (tertiary/aromatic N) is 1. The molecule has 1 saturated carbocycles. The lowest BCUT2D eigenvalue weighted by molar-refractivity contribution is -0.778. The predicted octanol–water partition coefficient (Wildman–Crippen LogP) is 3.09. The highest BCUT2D eigenvalue weighted by Crippen LogP contribution is 2.55. The van der Waals surface area contributed by atoms with E-state index in [9.17, 15) is 4.79 Å². The topological polar surface area (TPSA) is 46.0 Å². The summed E-state index contributed by atoms with van der Waals surface area (Å²) in [4.78, 5) is 12.4. The molecule has 0 saturated heterocycles. The van der Waals surface area contributed by atoms with Crippen LogP contribution in [-0.2, 0) is 5.54 Å². The third-order valence-electron chi connectivity index (χ3n) is 4.92. The zero-order valence-corrected chi connectivity index (χ0v) is 13.0. The fourth-order valence-electron chi connectivity index (χ4n) is 3.60. The summed E-state index contributed by atoms with van der Waals surface area (Å²) in [6.45, 7) is 0. The molecule has 1 fully saturated rings. The minimum absolute atomic E-state index is 0.0732. The van der Waals surface area contributed by atoms with Gasteiger partial charge in [-0.2, -0.15) is 0 Å². The molecule has 0 bridgehead atoms. The number of hydrogen-bond acceptors (Lipinski definition) is 2. The molecule has 2 aromatic carbocycles. The molecule has 4 nitrogen and oxygen atoms in total. The highest BCUT2D eigenvalue weighted by molar-refractivity contribution is 6.30. The van der Waals surface area contributed by atoms with Crippen LogP contribution in [0.5, 0.6) is 5.88 Å². The molecule has 1 aliphatic carbocycles. The fraction of sp³-hybridized carbons (Fsp3) is 0.222. The van der Waals surface area contributed by atoms with Gasteiger partial charge in [0.15, 0.2) is 6.10 Å². The Morgan fingerprint density at radius 2 is 1.78 bits per heavy atom. The Morgan fingerprint density at radius 1 is 1.09 bits per heavy atom. The number of rotatable bonds is 1. The zero-order chi connectivity index (χ0) is 15.6. The van der Waals surface area contributed by atoms with Crippen molar-refractivity contribution in [3.8, 4) is 5.88 Å². The van der Waals surface area contributed by atoms with Crippen molar-refractivity contribution >= 4 is 22.4 Å². The molecule has 0 amide bonds. The third kappa shape index (κ3) is 1.72. The average Bonchev–Trinajstić information content (AvgIpc) is 3.30. The summed E-state index contributed by atoms with van der Waals surface area (Å²) < 4.78 is 8.27. The van der Waals surface area contributed by atoms with Crippen LogP contribution in [0, 0.1) is 0 Å². The first-order chi connectivity index (χ1) is 11.2. The summed E-state index contributed by atoms with van der Waals surface area (Å²) >= 11 is 6.00. The maximum absolute atomic E-state index is 12.4. The number of ether oxygens (including phenoxy) is 1. The second-order valence-electron chi connectivity index (χ2n) is 6.28. The van der Waals surface area contributed by atoms with Gasteiger partial charge < -0.3 is 4.74 Å². The Hall–Kier alpha value is -2.33. The average molecular weight is 326 g/mol. The molecular weight excluding hydrogens is 312 g/mol. The van der Waals surface area contributed by atoms with Crippen LogP contribution in [0.1, 0.15) is 24.5 Å². The van der Waals surface area contributed by atoms with Gasteiger partial charge >= 0.3 is 11.4 Å². The number of aromatic amines is 1. The largest absolute Gasteiger partial charge is 0.427 e. The van der Waals surface area contributed by atoms with Crippen LogP contribution in [0.3, 0.4) is 0 Å². The van der Waals surface area contributed by atoms with Crippen molar-refractivity contribution in [1.82, 2.24) is 5.10 Å². The van der Waals surface area contributed by atoms with Gasteiger partial charge in [-0.25, -0.2) is 0 Å². The van der Waals surface area contributed by atoms with E-state index in [4.69, 9.17) is 16.3 Å². The standard InChI is InChI=1S/C18H13ClN2O2/c19-12-7-5-11(6-8-12)15-18(9-10-18)21-17(23-15)14-4-2-1-3-13(14)16(22)20-21/h1-8,15H,9-10H2/p+1. The van der Waals surface area contributed by atoms with E-state index in [-0.39, 0.29) is 17.2 Å². The molecule has 1 spiro atoms. The van der Waals surface area contributed by atoms with Crippen molar-refractivity contribution in [2.75, 3.05) is 0 Å². The van der Waals surface area contributed by atoms with E-state index in [0.717, 1.165) is 29.7 Å². The summed E-state index contributed by atoms with van der Waals surface area (Å²) in [6.07, 6.45) is 1.89. The van der Waals surface area contributed by atoms with Gasteiger partial charge in [0, 0.05) is 17.9 Å². The normalized spacial score (nSPS) is 20.5. The van der Waals surface area contributed by atoms with Crippen molar-refractivity contribution in [2.24, 2.45) is 0 Å². The van der Waals surface area contributed by atoms with Gasteiger partial charge in [0.2, 0.25) is 5.54 Å². The van der Waals surface area contributed by atoms with Gasteiger partial charge in [0.1, 0.15) is 5.39 Å². The molecule has 1 N–H and O–H groups in total. The lowest BCUT2D eigenvalue weighted by atomic mass is 10.0. The quantitative estimate of drug-likeness (QED) is 0.699. The first kappa shape index (κ1) is 13.1. The summed E-state index contributed by atoms with van der Waals surface area (Å²) in [6, 6.07) is 15.3. The second-order valence-corrected chi connectivity index (χ2v) is 6.72. The van der Waals surface area contributed by atoms with Crippen LogP contribution >= 0.6 is 11.6 Å². The summed E-state index contributed by atoms with van der Waals surface area (Å²) in [7, 11) is 0. The lowest BCUT2D eigenvalue weighted by Gasteiger charge is -2.12. The highest BCUT2D eigenvalue weighted by Gasteiger charge is 2.68. The number of H-pyrrole nitrogens is 1. The minimum Gasteiger partial charge on any atom is -0.427 e. The zero-order valence-electron chi connectivity index (χ0n) is 12.3. The smallest absolute Gasteiger partial charge is 0.401 e. The molecular formula is C18H14ClN2O2+. The molecule has 5 rings (SSSR count). The fourth-order valence-corrected chi connectivity index (χ4v) is 3.72. The number of fused-ring (bicyclic) bond motifs is 4. The number of benzene rings is 2. The molecule has 114 valence electrons. The van der Waals surface area contributed by atoms with Crippen LogP contribution in [0.4, 0.5) is 0 Å². The maximum Gasteiger partial charge on any atom is 0.401 e. The van der Waals surface area contributed by atoms with E-state index in [0.29, 0.717) is 10.4 Å². The summed E-state index contributed by atoms with van der Waals surface area (Å²) in [5.74, 6) is 0.748. The number of nitrogens with one attached hydrogen (secondary N) is 1. The molecule has 1 aromatic heterocycles. The molecule has 2 heterocycles. The molecule has 2 aliphatic rings. The van der Waals surface area contributed by atoms with E-state index >= 15 is 0 Å². The van der Waals surface area contributed by atoms with Crippen molar-refractivity contribution < 1.29 is 9.42 Å². The first-order valence-electron chi connectivity index (χ1n) is 7.69. The summed E-state index contributed by atoms with van der Waals surface area (Å²) in [5.41, 5.74) is 0.836. The van der Waals surface area contributed by atoms with Gasteiger partial charge in [-0.1, -0.05) is 40.5 Å². The lowest BCUT2D eigenvalue weighted by Crippen LogP contribution is -2.51. The maximum atomic E-state index is 12.4. The van der Waals surface area contributed by atoms with E-state index in [2.05, 4.69) is 5.10 Å². The van der Waals surface area contributed by atoms with Gasteiger partial charge in [0.25, 0.3) is 0 Å². The molecule has 1 unspecified atom stereocenters. The second kappa shape index (κ2) is 4.36. The van der Waals surface area contributed by atoms with E-state index in [1.165, 1.54) is 0 Å². The number of aromatic nitrogens is 2. The van der Waals surface area contributed by atoms with Gasteiger partial charge in [0.05, 0.1) is 5.39 Å². The van der Waals surface area contributed by atoms with E-state index in [1.54, 1.807) is 0 Å². The Balaban J connectivity index is 1.74. The Morgan fingerprint density at radius 3 is 2.48 bits per heavy atom. The van der Waals surface area contributed by atoms with Crippen LogP contribution in [0.25, 0.3) is 10.8 Å². The molecule has 1 aliphatic heterocycles. The van der Waals surface area contributed by atoms with Crippen molar-refractivity contribution in [3.63, 3.8) is 0 Å². The van der Waals surface area contributed by atoms with Gasteiger partial charge in [-0.3, -0.25) is 4.79 Å². The van der Waals surface area contributed by atoms with Crippen LogP contribution < -0.4 is 15.0 Å². The predicted molar refractivity (Wildman–Crippen MR) is 86.8 cm³/mol. The number of halogens is 1. The van der Waals surface area contributed by atoms with Gasteiger partial charge in [-0.15, -0.1) is 5.10 Å². The van der Waals surface area contributed by atoms with Gasteiger partial charge in [-0.05, 0) is 29.8 Å². The Bertz CT molecular complexity index is 990. The van der Waals surface area contributed by atoms with Crippen molar-refractivity contribution in [1.29, 1.82) is 0 Å². The Kier molecular flexibility index (Phi) is 2.49. The Labute approximate surface area is 137 Å². The number of hydrogen-bond donors (Lipinski definition) is 1. The molecule has 23 heavy (non-hydrogen) atoms. The van der Waals surface area contributed by atoms with E-state index in [1.807, 2.05) is 53.2 Å². The third-order valence-corrected chi connectivity index (χ3v) is 5.17. The minimum atomic E-state index is -0.174. The summed E-state index contributed by atoms with van der Waals surface area (Å²) in [5, 5.41) is 5.23. The van der Waals surface area contributed by atoms with Crippen molar-refractivity contribution in [2.45, 2.75) is 24.5 Å². The molecule has 0 radical (unpaired) electrons. The first-order valence-corrected chi connectivity index (χ1v) is 8.06. The van der Waals surface area contributed by atoms with Crippen LogP contribution in [0.2, 0.25) is 5.02 Å². The van der Waals surface area contributed by atoms with Crippen LogP contribution in [0.15, 0.2) is 53.3 Å². The highest BCUT2D eigenvalue weighted by atomic mass is 35.5. The molecule has 5 heteroatoms. The molecule has 1 atom stereocenters. The van der Waals surface area contributed by atoms with Crippen molar-refractivity contribution in [3.05, 3.63) is 69.5 Å². The monoisotopic (exact) mass is 325 g/mol.